The molecule has 7 nitrogen and oxygen atoms in total. The molecule has 2 aliphatic heterocycles. The summed E-state index contributed by atoms with van der Waals surface area (Å²) in [5.74, 6) is 0.475. The first-order valence-corrected chi connectivity index (χ1v) is 8.88. The van der Waals surface area contributed by atoms with Crippen molar-refractivity contribution in [3.05, 3.63) is 30.3 Å². The van der Waals surface area contributed by atoms with Crippen LogP contribution in [0.2, 0.25) is 0 Å². The van der Waals surface area contributed by atoms with Gasteiger partial charge in [-0.15, -0.1) is 24.0 Å². The van der Waals surface area contributed by atoms with Crippen LogP contribution in [0.1, 0.15) is 6.92 Å². The summed E-state index contributed by atoms with van der Waals surface area (Å²) >= 11 is 0. The first kappa shape index (κ1) is 20.8. The van der Waals surface area contributed by atoms with Gasteiger partial charge in [-0.25, -0.2) is 4.99 Å². The lowest BCUT2D eigenvalue weighted by Gasteiger charge is -2.36. The molecule has 0 aromatic heterocycles. The topological polar surface area (TPSA) is 74.4 Å². The number of aliphatic imine (C=N–C) groups is 1. The molecule has 1 unspecified atom stereocenters. The van der Waals surface area contributed by atoms with Crippen molar-refractivity contribution in [3.63, 3.8) is 0 Å². The molecule has 1 amide bonds. The first-order valence-electron chi connectivity index (χ1n) is 8.88. The second-order valence-electron chi connectivity index (χ2n) is 6.51. The Morgan fingerprint density at radius 1 is 1.15 bits per heavy atom. The summed E-state index contributed by atoms with van der Waals surface area (Å²) in [5, 5.41) is 0. The average Bonchev–Trinajstić information content (AvgIpc) is 2.66. The number of amides is 1. The largest absolute Gasteiger partial charge is 0.375 e. The molecular weight excluding hydrogens is 445 g/mol. The number of hydrogen-bond donors (Lipinski definition) is 1. The van der Waals surface area contributed by atoms with Crippen molar-refractivity contribution >= 4 is 41.5 Å². The van der Waals surface area contributed by atoms with Crippen LogP contribution in [0.3, 0.4) is 0 Å². The molecule has 8 heteroatoms. The molecule has 0 aliphatic carbocycles. The smallest absolute Gasteiger partial charge is 0.244 e. The fourth-order valence-electron chi connectivity index (χ4n) is 3.23. The van der Waals surface area contributed by atoms with Crippen molar-refractivity contribution in [2.45, 2.75) is 13.0 Å². The Morgan fingerprint density at radius 3 is 2.50 bits per heavy atom. The predicted octanol–water partition coefficient (Wildman–Crippen LogP) is 0.989. The SMILES string of the molecule is CC1CN(C(N)=NCC(=O)N2CCN(c3ccccc3)CC2)CCO1.I. The summed E-state index contributed by atoms with van der Waals surface area (Å²) in [7, 11) is 0. The molecule has 1 atom stereocenters. The van der Waals surface area contributed by atoms with E-state index in [1.165, 1.54) is 5.69 Å². The summed E-state index contributed by atoms with van der Waals surface area (Å²) in [6, 6.07) is 10.3. The summed E-state index contributed by atoms with van der Waals surface area (Å²) < 4.78 is 5.49. The average molecular weight is 473 g/mol. The number of hydrogen-bond acceptors (Lipinski definition) is 4. The normalized spacial score (nSPS) is 21.3. The minimum atomic E-state index is 0. The molecule has 0 radical (unpaired) electrons. The quantitative estimate of drug-likeness (QED) is 0.403. The Kier molecular flexibility index (Phi) is 7.95. The Bertz CT molecular complexity index is 605. The zero-order valence-electron chi connectivity index (χ0n) is 15.2. The molecule has 1 aromatic rings. The number of benzene rings is 1. The third-order valence-electron chi connectivity index (χ3n) is 4.70. The highest BCUT2D eigenvalue weighted by molar-refractivity contribution is 14.0. The van der Waals surface area contributed by atoms with Gasteiger partial charge < -0.3 is 25.2 Å². The van der Waals surface area contributed by atoms with Gasteiger partial charge in [0.15, 0.2) is 5.96 Å². The van der Waals surface area contributed by atoms with Crippen LogP contribution in [-0.4, -0.2) is 80.2 Å². The van der Waals surface area contributed by atoms with Crippen LogP contribution in [-0.2, 0) is 9.53 Å². The highest BCUT2D eigenvalue weighted by Gasteiger charge is 2.22. The van der Waals surface area contributed by atoms with Gasteiger partial charge in [-0.1, -0.05) is 18.2 Å². The fraction of sp³-hybridized carbons (Fsp3) is 0.556. The number of para-hydroxylation sites is 1. The maximum Gasteiger partial charge on any atom is 0.244 e. The number of morpholine rings is 1. The molecular formula is C18H28IN5O2. The van der Waals surface area contributed by atoms with Crippen molar-refractivity contribution in [2.75, 3.05) is 57.3 Å². The molecule has 3 rings (SSSR count). The number of nitrogens with zero attached hydrogens (tertiary/aromatic N) is 4. The second-order valence-corrected chi connectivity index (χ2v) is 6.51. The molecule has 144 valence electrons. The molecule has 0 bridgehead atoms. The molecule has 2 aliphatic rings. The maximum absolute atomic E-state index is 12.4. The van der Waals surface area contributed by atoms with Gasteiger partial charge in [0, 0.05) is 45.0 Å². The number of halogens is 1. The van der Waals surface area contributed by atoms with E-state index in [9.17, 15) is 4.79 Å². The number of carbonyl (C=O) groups excluding carboxylic acids is 1. The van der Waals surface area contributed by atoms with Gasteiger partial charge in [0.25, 0.3) is 0 Å². The third-order valence-corrected chi connectivity index (χ3v) is 4.70. The van der Waals surface area contributed by atoms with Crippen molar-refractivity contribution in [1.82, 2.24) is 9.80 Å². The lowest BCUT2D eigenvalue weighted by atomic mass is 10.2. The summed E-state index contributed by atoms with van der Waals surface area (Å²) in [6.07, 6.45) is 0.143. The lowest BCUT2D eigenvalue weighted by molar-refractivity contribution is -0.129. The van der Waals surface area contributed by atoms with Crippen LogP contribution >= 0.6 is 24.0 Å². The number of anilines is 1. The van der Waals surface area contributed by atoms with Crippen LogP contribution in [0, 0.1) is 0 Å². The molecule has 2 heterocycles. The van der Waals surface area contributed by atoms with E-state index in [-0.39, 0.29) is 42.5 Å². The minimum Gasteiger partial charge on any atom is -0.375 e. The Hall–Kier alpha value is -1.55. The molecule has 0 saturated carbocycles. The van der Waals surface area contributed by atoms with E-state index in [4.69, 9.17) is 10.5 Å². The van der Waals surface area contributed by atoms with E-state index in [2.05, 4.69) is 22.0 Å². The van der Waals surface area contributed by atoms with Gasteiger partial charge in [-0.2, -0.15) is 0 Å². The molecule has 0 spiro atoms. The van der Waals surface area contributed by atoms with Crippen LogP contribution in [0.4, 0.5) is 5.69 Å². The van der Waals surface area contributed by atoms with Gasteiger partial charge in [-0.3, -0.25) is 4.79 Å². The van der Waals surface area contributed by atoms with E-state index in [0.717, 1.165) is 39.3 Å². The van der Waals surface area contributed by atoms with Crippen molar-refractivity contribution in [2.24, 2.45) is 10.7 Å². The fourth-order valence-corrected chi connectivity index (χ4v) is 3.23. The lowest BCUT2D eigenvalue weighted by Crippen LogP contribution is -2.50. The van der Waals surface area contributed by atoms with Crippen LogP contribution in [0.25, 0.3) is 0 Å². The molecule has 1 aromatic carbocycles. The van der Waals surface area contributed by atoms with Gasteiger partial charge in [0.1, 0.15) is 6.54 Å². The number of piperazine rings is 1. The number of ether oxygens (including phenoxy) is 1. The molecule has 2 fully saturated rings. The second kappa shape index (κ2) is 9.96. The van der Waals surface area contributed by atoms with Crippen LogP contribution in [0.5, 0.6) is 0 Å². The number of rotatable bonds is 3. The Morgan fingerprint density at radius 2 is 1.85 bits per heavy atom. The van der Waals surface area contributed by atoms with E-state index in [1.54, 1.807) is 0 Å². The van der Waals surface area contributed by atoms with Gasteiger partial charge in [0.2, 0.25) is 5.91 Å². The zero-order chi connectivity index (χ0) is 17.6. The summed E-state index contributed by atoms with van der Waals surface area (Å²) in [4.78, 5) is 22.8. The Balaban J connectivity index is 0.00000243. The van der Waals surface area contributed by atoms with Crippen LogP contribution < -0.4 is 10.6 Å². The highest BCUT2D eigenvalue weighted by Crippen LogP contribution is 2.15. The number of guanidine groups is 1. The first-order chi connectivity index (χ1) is 12.1. The van der Waals surface area contributed by atoms with Gasteiger partial charge >= 0.3 is 0 Å². The van der Waals surface area contributed by atoms with E-state index in [0.29, 0.717) is 12.6 Å². The maximum atomic E-state index is 12.4. The van der Waals surface area contributed by atoms with Crippen LogP contribution in [0.15, 0.2) is 35.3 Å². The third kappa shape index (κ3) is 5.47. The number of carbonyl (C=O) groups is 1. The van der Waals surface area contributed by atoms with E-state index in [1.807, 2.05) is 34.9 Å². The molecule has 2 saturated heterocycles. The van der Waals surface area contributed by atoms with E-state index >= 15 is 0 Å². The van der Waals surface area contributed by atoms with Crippen molar-refractivity contribution in [1.29, 1.82) is 0 Å². The van der Waals surface area contributed by atoms with Gasteiger partial charge in [0.05, 0.1) is 12.7 Å². The number of nitrogens with two attached hydrogens (primary N) is 1. The van der Waals surface area contributed by atoms with Crippen molar-refractivity contribution < 1.29 is 9.53 Å². The zero-order valence-corrected chi connectivity index (χ0v) is 17.5. The molecule has 26 heavy (non-hydrogen) atoms. The Labute approximate surface area is 172 Å². The predicted molar refractivity (Wildman–Crippen MR) is 114 cm³/mol. The van der Waals surface area contributed by atoms with Gasteiger partial charge in [-0.05, 0) is 19.1 Å². The molecule has 2 N–H and O–H groups in total. The summed E-state index contributed by atoms with van der Waals surface area (Å²) in [5.41, 5.74) is 7.23. The monoisotopic (exact) mass is 473 g/mol. The van der Waals surface area contributed by atoms with E-state index < -0.39 is 0 Å². The summed E-state index contributed by atoms with van der Waals surface area (Å²) in [6.45, 7) is 7.34. The minimum absolute atomic E-state index is 0. The standard InChI is InChI=1S/C18H27N5O2.HI/c1-15-14-23(11-12-25-15)18(19)20-13-17(24)22-9-7-21(8-10-22)16-5-3-2-4-6-16;/h2-6,15H,7-14H2,1H3,(H2,19,20);1H. The van der Waals surface area contributed by atoms with Crippen molar-refractivity contribution in [3.8, 4) is 0 Å². The highest BCUT2D eigenvalue weighted by atomic mass is 127.